The topological polar surface area (TPSA) is 393 Å². The number of nitrogens with one attached hydrogen (secondary N) is 1. The Morgan fingerprint density at radius 1 is 0.538 bits per heavy atom. The lowest BCUT2D eigenvalue weighted by Gasteiger charge is -2.45. The Labute approximate surface area is 632 Å². The van der Waals surface area contributed by atoms with Crippen LogP contribution in [0.15, 0.2) is 153 Å². The van der Waals surface area contributed by atoms with E-state index >= 15 is 0 Å². The van der Waals surface area contributed by atoms with Gasteiger partial charge < -0.3 is 54.3 Å². The van der Waals surface area contributed by atoms with Crippen molar-refractivity contribution >= 4 is 88.8 Å². The van der Waals surface area contributed by atoms with Gasteiger partial charge in [0.1, 0.15) is 56.8 Å². The highest BCUT2D eigenvalue weighted by Crippen LogP contribution is 2.57. The first-order chi connectivity index (χ1) is 49.2. The molecule has 3 saturated heterocycles. The standard InChI is InChI=1S/C26H33N7O3.C24H27N7O2.C21H25N7O.C3H3ClO.CH4.2ClH/c1-25(2,3)36-24(35)31-10-9-26(16-31)11-19(12-26)33-22(27)20(23(28)34)21(30-33)18-13-29-32(15-18)14-17-7-5-4-6-8-17;1-2-19(32)29-9-8-24(15-29)10-18(11-24)31-22(25)20(23(26)33)21(28-31)17-12-27-30(14-17)13-16-6-4-3-5-7-16;22-19-17(20(23)29)18(26-28(19)16-8-21(9-16)6-7-24-13-21)15-10-25-27(12-15)11-14-4-2-1-3-5-14;1-2-3(4)5;;;/h4-8,13,15,19H,9-12,14,16,27H2,1-3H3,(H2,28,34);2-7,12,14,18H,1,8-11,13,15,25H2,(H2,26,33);1-5,10,12,16,24H,6-9,11,13,22H2,(H2,23,29);2H,1H2;1H4;2*1H. The van der Waals surface area contributed by atoms with Crippen molar-refractivity contribution in [2.24, 2.45) is 33.4 Å². The Morgan fingerprint density at radius 2 is 0.868 bits per heavy atom. The summed E-state index contributed by atoms with van der Waals surface area (Å²) in [4.78, 5) is 74.3. The maximum Gasteiger partial charge on any atom is 0.410 e. The van der Waals surface area contributed by atoms with Crippen molar-refractivity contribution in [3.05, 3.63) is 187 Å². The predicted molar refractivity (Wildman–Crippen MR) is 411 cm³/mol. The molecule has 3 spiro atoms. The molecule has 562 valence electrons. The van der Waals surface area contributed by atoms with Crippen LogP contribution in [0.1, 0.15) is 152 Å². The number of halogens is 3. The molecule has 6 aliphatic rings. The lowest BCUT2D eigenvalue weighted by Crippen LogP contribution is -2.43. The molecule has 0 bridgehead atoms. The molecule has 5 amide bonds. The van der Waals surface area contributed by atoms with Crippen LogP contribution in [-0.4, -0.2) is 148 Å². The molecular formula is C75H94Cl3N21O7. The second-order valence-electron chi connectivity index (χ2n) is 29.0. The van der Waals surface area contributed by atoms with Crippen LogP contribution in [0, 0.1) is 16.2 Å². The molecule has 9 aromatic rings. The SMILES string of the molecule is C.C=CC(=O)Cl.C=CC(=O)N1CCC2(CC(n3nc(-c4cnn(Cc5ccccc5)c4)c(C(N)=O)c3N)C2)C1.CC(C)(C)OC(=O)N1CCC2(CC(n3nc(-c4cnn(Cc5ccccc5)c4)c(C(N)=O)c3N)C2)C1.Cl.Cl.NC(=O)c1c(-c2cnn(Cc3ccccc3)c2)nn(C2CC3(CCNC3)C2)c1N. The molecule has 6 aromatic heterocycles. The number of rotatable bonds is 17. The minimum absolute atomic E-state index is 0. The van der Waals surface area contributed by atoms with Crippen LogP contribution >= 0.6 is 36.4 Å². The number of hydrogen-bond acceptors (Lipinski definition) is 17. The first kappa shape index (κ1) is 79.6. The number of nitrogen functional groups attached to an aromatic ring is 3. The summed E-state index contributed by atoms with van der Waals surface area (Å²) < 4.78 is 16.2. The lowest BCUT2D eigenvalue weighted by atomic mass is 9.65. The zero-order valence-electron chi connectivity index (χ0n) is 58.9. The first-order valence-corrected chi connectivity index (χ1v) is 34.8. The van der Waals surface area contributed by atoms with Crippen LogP contribution in [-0.2, 0) is 34.0 Å². The summed E-state index contributed by atoms with van der Waals surface area (Å²) in [6, 6.07) is 30.4. The molecule has 9 heterocycles. The van der Waals surface area contributed by atoms with Crippen LogP contribution in [0.5, 0.6) is 0 Å². The summed E-state index contributed by atoms with van der Waals surface area (Å²) in [6.07, 6.45) is 21.2. The van der Waals surface area contributed by atoms with Gasteiger partial charge in [0.05, 0.1) is 56.4 Å². The largest absolute Gasteiger partial charge is 0.444 e. The molecule has 0 radical (unpaired) electrons. The van der Waals surface area contributed by atoms with Crippen LogP contribution in [0.25, 0.3) is 33.8 Å². The summed E-state index contributed by atoms with van der Waals surface area (Å²) in [5, 5.41) is 30.4. The van der Waals surface area contributed by atoms with E-state index in [0.29, 0.717) is 72.2 Å². The normalized spacial score (nSPS) is 20.8. The number of hydrogen-bond donors (Lipinski definition) is 7. The molecule has 3 saturated carbocycles. The van der Waals surface area contributed by atoms with Gasteiger partial charge in [-0.1, -0.05) is 112 Å². The van der Waals surface area contributed by atoms with Crippen molar-refractivity contribution in [2.45, 2.75) is 129 Å². The summed E-state index contributed by atoms with van der Waals surface area (Å²) in [6.45, 7) is 19.0. The van der Waals surface area contributed by atoms with Gasteiger partial charge in [-0.2, -0.15) is 30.6 Å². The molecule has 31 heteroatoms. The fourth-order valence-corrected chi connectivity index (χ4v) is 15.4. The third kappa shape index (κ3) is 17.4. The number of allylic oxidation sites excluding steroid dienone is 1. The summed E-state index contributed by atoms with van der Waals surface area (Å²) in [5.41, 5.74) is 43.8. The molecule has 3 aromatic carbocycles. The number of carbonyl (C=O) groups is 6. The van der Waals surface area contributed by atoms with Gasteiger partial charge >= 0.3 is 6.09 Å². The fourth-order valence-electron chi connectivity index (χ4n) is 15.4. The van der Waals surface area contributed by atoms with Gasteiger partial charge in [-0.05, 0) is 142 Å². The van der Waals surface area contributed by atoms with Crippen LogP contribution in [0.3, 0.4) is 0 Å². The van der Waals surface area contributed by atoms with E-state index in [9.17, 15) is 28.8 Å². The Morgan fingerprint density at radius 3 is 1.17 bits per heavy atom. The smallest absolute Gasteiger partial charge is 0.410 e. The highest BCUT2D eigenvalue weighted by molar-refractivity contribution is 6.66. The molecule has 3 aliphatic heterocycles. The minimum atomic E-state index is -0.615. The average molecular weight is 1510 g/mol. The molecule has 28 nitrogen and oxygen atoms in total. The van der Waals surface area contributed by atoms with Crippen molar-refractivity contribution in [1.29, 1.82) is 0 Å². The zero-order valence-corrected chi connectivity index (χ0v) is 61.3. The van der Waals surface area contributed by atoms with E-state index in [-0.39, 0.29) is 102 Å². The van der Waals surface area contributed by atoms with Gasteiger partial charge in [-0.15, -0.1) is 24.8 Å². The average Bonchev–Trinajstić information content (AvgIpc) is 1.58. The number of likely N-dealkylation sites (tertiary alicyclic amines) is 2. The Balaban J connectivity index is 0.000000176. The summed E-state index contributed by atoms with van der Waals surface area (Å²) in [7, 11) is 0. The number of primary amides is 3. The second kappa shape index (κ2) is 32.9. The zero-order chi connectivity index (χ0) is 73.1. The number of carbonyl (C=O) groups excluding carboxylic acids is 6. The van der Waals surface area contributed by atoms with Crippen molar-refractivity contribution in [3.8, 4) is 33.8 Å². The molecule has 106 heavy (non-hydrogen) atoms. The van der Waals surface area contributed by atoms with Gasteiger partial charge in [0.2, 0.25) is 11.1 Å². The number of nitrogens with two attached hydrogens (primary N) is 6. The Bertz CT molecular complexity index is 4620. The van der Waals surface area contributed by atoms with Crippen molar-refractivity contribution in [2.75, 3.05) is 56.5 Å². The van der Waals surface area contributed by atoms with Crippen molar-refractivity contribution < 1.29 is 33.5 Å². The van der Waals surface area contributed by atoms with E-state index in [4.69, 9.17) is 66.0 Å². The number of aromatic nitrogens is 12. The van der Waals surface area contributed by atoms with Crippen LogP contribution in [0.4, 0.5) is 22.2 Å². The number of ether oxygens (including phenoxy) is 1. The molecule has 6 fully saturated rings. The van der Waals surface area contributed by atoms with Gasteiger partial charge in [0.15, 0.2) is 0 Å². The van der Waals surface area contributed by atoms with Gasteiger partial charge in [-0.3, -0.25) is 38.0 Å². The number of amides is 5. The molecule has 0 unspecified atom stereocenters. The Hall–Kier alpha value is -10.6. The quantitative estimate of drug-likeness (QED) is 0.0329. The molecule has 13 N–H and O–H groups in total. The van der Waals surface area contributed by atoms with E-state index in [1.807, 2.05) is 140 Å². The maximum absolute atomic E-state index is 12.5. The van der Waals surface area contributed by atoms with Crippen molar-refractivity contribution in [1.82, 2.24) is 73.8 Å². The van der Waals surface area contributed by atoms with E-state index in [1.165, 1.54) is 12.5 Å². The first-order valence-electron chi connectivity index (χ1n) is 34.4. The third-order valence-corrected chi connectivity index (χ3v) is 20.6. The summed E-state index contributed by atoms with van der Waals surface area (Å²) >= 11 is 4.71. The molecule has 3 aliphatic carbocycles. The monoisotopic (exact) mass is 1510 g/mol. The lowest BCUT2D eigenvalue weighted by molar-refractivity contribution is -0.125. The van der Waals surface area contributed by atoms with Crippen LogP contribution in [0.2, 0.25) is 0 Å². The molecule has 15 rings (SSSR count). The van der Waals surface area contributed by atoms with Gasteiger partial charge in [0, 0.05) is 68.0 Å². The highest BCUT2D eigenvalue weighted by atomic mass is 35.5. The van der Waals surface area contributed by atoms with E-state index in [2.05, 4.69) is 33.8 Å². The van der Waals surface area contributed by atoms with Gasteiger partial charge in [-0.25, -0.2) is 18.8 Å². The van der Waals surface area contributed by atoms with E-state index in [1.54, 1.807) is 46.9 Å². The van der Waals surface area contributed by atoms with E-state index < -0.39 is 28.6 Å². The van der Waals surface area contributed by atoms with E-state index in [0.717, 1.165) is 106 Å². The molecular weight excluding hydrogens is 1410 g/mol. The second-order valence-corrected chi connectivity index (χ2v) is 29.3. The third-order valence-electron chi connectivity index (χ3n) is 20.4. The van der Waals surface area contributed by atoms with Crippen molar-refractivity contribution in [3.63, 3.8) is 0 Å². The number of nitrogens with zero attached hydrogens (tertiary/aromatic N) is 14. The number of anilines is 3. The predicted octanol–water partition coefficient (Wildman–Crippen LogP) is 9.86. The highest BCUT2D eigenvalue weighted by Gasteiger charge is 2.53. The number of benzene rings is 3. The molecule has 0 atom stereocenters. The maximum atomic E-state index is 12.5. The summed E-state index contributed by atoms with van der Waals surface area (Å²) in [5.74, 6) is -0.900. The van der Waals surface area contributed by atoms with Crippen LogP contribution < -0.4 is 39.7 Å². The van der Waals surface area contributed by atoms with Gasteiger partial charge in [0.25, 0.3) is 17.7 Å². The minimum Gasteiger partial charge on any atom is -0.444 e. The Kier molecular flexibility index (Phi) is 24.7. The fraction of sp³-hybridized carbons (Fsp3) is 0.387.